The number of hydrogen-bond donors (Lipinski definition) is 1. The molecule has 0 spiro atoms. The van der Waals surface area contributed by atoms with Crippen molar-refractivity contribution in [1.29, 1.82) is 0 Å². The Morgan fingerprint density at radius 3 is 2.73 bits per heavy atom. The molecule has 6 heteroatoms. The van der Waals surface area contributed by atoms with Crippen LogP contribution in [0.5, 0.6) is 5.88 Å². The molecule has 3 aromatic rings. The van der Waals surface area contributed by atoms with E-state index < -0.39 is 0 Å². The van der Waals surface area contributed by atoms with Crippen molar-refractivity contribution in [2.45, 2.75) is 0 Å². The molecular formula is C16H12BrN3O2. The molecule has 5 nitrogen and oxygen atoms in total. The van der Waals surface area contributed by atoms with Crippen LogP contribution in [0.1, 0.15) is 0 Å². The number of carbonyl (C=O) groups excluding carboxylic acids is 1. The van der Waals surface area contributed by atoms with Crippen LogP contribution in [0, 0.1) is 0 Å². The third kappa shape index (κ3) is 3.40. The number of amides is 1. The maximum atomic E-state index is 11.9. The second-order valence-corrected chi connectivity index (χ2v) is 5.50. The molecule has 1 N–H and O–H groups in total. The summed E-state index contributed by atoms with van der Waals surface area (Å²) in [6, 6.07) is 14.9. The summed E-state index contributed by atoms with van der Waals surface area (Å²) in [7, 11) is 0. The molecule has 1 heterocycles. The zero-order valence-corrected chi connectivity index (χ0v) is 13.1. The van der Waals surface area contributed by atoms with E-state index in [1.165, 1.54) is 0 Å². The number of ether oxygens (including phenoxy) is 1. The van der Waals surface area contributed by atoms with E-state index >= 15 is 0 Å². The fourth-order valence-electron chi connectivity index (χ4n) is 1.97. The average molecular weight is 358 g/mol. The molecule has 0 saturated carbocycles. The van der Waals surface area contributed by atoms with Crippen molar-refractivity contribution in [2.75, 3.05) is 11.9 Å². The fourth-order valence-corrected chi connectivity index (χ4v) is 2.24. The zero-order chi connectivity index (χ0) is 15.4. The lowest BCUT2D eigenvalue weighted by Gasteiger charge is -2.08. The fraction of sp³-hybridized carbons (Fsp3) is 0.0625. The van der Waals surface area contributed by atoms with E-state index in [9.17, 15) is 4.79 Å². The Morgan fingerprint density at radius 1 is 1.14 bits per heavy atom. The van der Waals surface area contributed by atoms with Crippen molar-refractivity contribution in [2.24, 2.45) is 0 Å². The number of rotatable bonds is 4. The molecule has 0 aliphatic heterocycles. The molecule has 0 aliphatic carbocycles. The highest BCUT2D eigenvalue weighted by Gasteiger charge is 2.08. The van der Waals surface area contributed by atoms with Crippen molar-refractivity contribution >= 4 is 38.3 Å². The first-order valence-electron chi connectivity index (χ1n) is 6.61. The SMILES string of the molecule is O=C(COc1nncc2ccccc12)Nc1ccc(Br)cc1. The van der Waals surface area contributed by atoms with Crippen molar-refractivity contribution in [3.63, 3.8) is 0 Å². The van der Waals surface area contributed by atoms with Crippen LogP contribution in [-0.2, 0) is 4.79 Å². The van der Waals surface area contributed by atoms with E-state index in [2.05, 4.69) is 31.4 Å². The highest BCUT2D eigenvalue weighted by molar-refractivity contribution is 9.10. The van der Waals surface area contributed by atoms with E-state index in [4.69, 9.17) is 4.74 Å². The quantitative estimate of drug-likeness (QED) is 0.776. The number of aromatic nitrogens is 2. The Kier molecular flexibility index (Phi) is 4.29. The van der Waals surface area contributed by atoms with Gasteiger partial charge in [0, 0.05) is 20.9 Å². The zero-order valence-electron chi connectivity index (χ0n) is 11.5. The Hall–Kier alpha value is -2.47. The topological polar surface area (TPSA) is 64.1 Å². The molecule has 0 saturated heterocycles. The number of anilines is 1. The highest BCUT2D eigenvalue weighted by Crippen LogP contribution is 2.21. The predicted octanol–water partition coefficient (Wildman–Crippen LogP) is 3.41. The minimum absolute atomic E-state index is 0.126. The molecule has 110 valence electrons. The van der Waals surface area contributed by atoms with E-state index in [0.717, 1.165) is 15.2 Å². The van der Waals surface area contributed by atoms with Gasteiger partial charge in [-0.25, -0.2) is 0 Å². The Bertz CT molecular complexity index is 801. The third-order valence-electron chi connectivity index (χ3n) is 3.00. The van der Waals surface area contributed by atoms with Gasteiger partial charge < -0.3 is 10.1 Å². The third-order valence-corrected chi connectivity index (χ3v) is 3.53. The van der Waals surface area contributed by atoms with Crippen LogP contribution < -0.4 is 10.1 Å². The van der Waals surface area contributed by atoms with E-state index in [1.54, 1.807) is 18.3 Å². The van der Waals surface area contributed by atoms with Gasteiger partial charge in [0.2, 0.25) is 5.88 Å². The Morgan fingerprint density at radius 2 is 1.91 bits per heavy atom. The minimum Gasteiger partial charge on any atom is -0.466 e. The van der Waals surface area contributed by atoms with Crippen LogP contribution in [0.15, 0.2) is 59.2 Å². The minimum atomic E-state index is -0.253. The summed E-state index contributed by atoms with van der Waals surface area (Å²) < 4.78 is 6.43. The van der Waals surface area contributed by atoms with Crippen molar-refractivity contribution in [3.05, 3.63) is 59.2 Å². The van der Waals surface area contributed by atoms with Crippen molar-refractivity contribution in [3.8, 4) is 5.88 Å². The number of nitrogens with zero attached hydrogens (tertiary/aromatic N) is 2. The second-order valence-electron chi connectivity index (χ2n) is 4.58. The van der Waals surface area contributed by atoms with Gasteiger partial charge in [0.15, 0.2) is 6.61 Å². The number of halogens is 1. The van der Waals surface area contributed by atoms with Crippen molar-refractivity contribution < 1.29 is 9.53 Å². The maximum absolute atomic E-state index is 11.9. The first-order chi connectivity index (χ1) is 10.7. The molecule has 0 fully saturated rings. The molecule has 0 unspecified atom stereocenters. The van der Waals surface area contributed by atoms with Crippen LogP contribution >= 0.6 is 15.9 Å². The van der Waals surface area contributed by atoms with E-state index in [0.29, 0.717) is 11.6 Å². The van der Waals surface area contributed by atoms with Crippen LogP contribution in [-0.4, -0.2) is 22.7 Å². The number of nitrogens with one attached hydrogen (secondary N) is 1. The number of fused-ring (bicyclic) bond motifs is 1. The smallest absolute Gasteiger partial charge is 0.262 e. The van der Waals surface area contributed by atoms with Gasteiger partial charge in [0.05, 0.1) is 6.20 Å². The maximum Gasteiger partial charge on any atom is 0.262 e. The number of benzene rings is 2. The largest absolute Gasteiger partial charge is 0.466 e. The summed E-state index contributed by atoms with van der Waals surface area (Å²) in [5.41, 5.74) is 0.709. The second kappa shape index (κ2) is 6.53. The summed E-state index contributed by atoms with van der Waals surface area (Å²) in [6.07, 6.45) is 1.66. The van der Waals surface area contributed by atoms with Crippen LogP contribution in [0.4, 0.5) is 5.69 Å². The molecule has 22 heavy (non-hydrogen) atoms. The summed E-state index contributed by atoms with van der Waals surface area (Å²) in [5.74, 6) is 0.0983. The Balaban J connectivity index is 1.66. The summed E-state index contributed by atoms with van der Waals surface area (Å²) in [6.45, 7) is -0.126. The number of hydrogen-bond acceptors (Lipinski definition) is 4. The average Bonchev–Trinajstić information content (AvgIpc) is 2.55. The summed E-state index contributed by atoms with van der Waals surface area (Å²) >= 11 is 3.34. The molecule has 0 radical (unpaired) electrons. The normalized spacial score (nSPS) is 10.4. The van der Waals surface area contributed by atoms with Crippen LogP contribution in [0.2, 0.25) is 0 Å². The molecule has 1 amide bonds. The molecule has 3 rings (SSSR count). The monoisotopic (exact) mass is 357 g/mol. The molecule has 1 aromatic heterocycles. The standard InChI is InChI=1S/C16H12BrN3O2/c17-12-5-7-13(8-6-12)19-15(21)10-22-16-14-4-2-1-3-11(14)9-18-20-16/h1-9H,10H2,(H,19,21). The first-order valence-corrected chi connectivity index (χ1v) is 7.40. The predicted molar refractivity (Wildman–Crippen MR) is 87.8 cm³/mol. The van der Waals surface area contributed by atoms with Gasteiger partial charge in [-0.1, -0.05) is 34.1 Å². The first kappa shape index (κ1) is 14.5. The summed E-state index contributed by atoms with van der Waals surface area (Å²) in [5, 5.41) is 12.3. The van der Waals surface area contributed by atoms with E-state index in [-0.39, 0.29) is 12.5 Å². The highest BCUT2D eigenvalue weighted by atomic mass is 79.9. The molecule has 2 aromatic carbocycles. The van der Waals surface area contributed by atoms with Crippen molar-refractivity contribution in [1.82, 2.24) is 10.2 Å². The lowest BCUT2D eigenvalue weighted by atomic mass is 10.2. The number of carbonyl (C=O) groups is 1. The van der Waals surface area contributed by atoms with Gasteiger partial charge in [0.1, 0.15) is 0 Å². The van der Waals surface area contributed by atoms with Gasteiger partial charge in [-0.15, -0.1) is 5.10 Å². The van der Waals surface area contributed by atoms with Crippen LogP contribution in [0.25, 0.3) is 10.8 Å². The molecule has 0 aliphatic rings. The molecule has 0 bridgehead atoms. The Labute approximate surface area is 135 Å². The van der Waals surface area contributed by atoms with Gasteiger partial charge in [0.25, 0.3) is 5.91 Å². The van der Waals surface area contributed by atoms with Gasteiger partial charge in [-0.3, -0.25) is 4.79 Å². The van der Waals surface area contributed by atoms with E-state index in [1.807, 2.05) is 36.4 Å². The van der Waals surface area contributed by atoms with Gasteiger partial charge in [-0.05, 0) is 30.3 Å². The molecular weight excluding hydrogens is 346 g/mol. The lowest BCUT2D eigenvalue weighted by Crippen LogP contribution is -2.20. The van der Waals surface area contributed by atoms with Crippen LogP contribution in [0.3, 0.4) is 0 Å². The summed E-state index contributed by atoms with van der Waals surface area (Å²) in [4.78, 5) is 11.9. The van der Waals surface area contributed by atoms with Gasteiger partial charge >= 0.3 is 0 Å². The van der Waals surface area contributed by atoms with Gasteiger partial charge in [-0.2, -0.15) is 5.10 Å². The molecule has 0 atom stereocenters. The lowest BCUT2D eigenvalue weighted by molar-refractivity contribution is -0.118.